The van der Waals surface area contributed by atoms with E-state index in [1.54, 1.807) is 25.1 Å². The van der Waals surface area contributed by atoms with Gasteiger partial charge in [0.2, 0.25) is 0 Å². The number of β-amino-alcohol motifs (C(OH)–C–C–N with tert-alkyl or cyclic N) is 2. The molecule has 0 aliphatic carbocycles. The summed E-state index contributed by atoms with van der Waals surface area (Å²) >= 11 is 0. The SMILES string of the molecule is Cc1nc([C@@H](O)CN2CCN(C[C@H](O)c3ccc4c(c3C)COC4=O)CC2)ccc1C#N. The van der Waals surface area contributed by atoms with E-state index in [1.807, 2.05) is 13.0 Å². The smallest absolute Gasteiger partial charge is 0.338 e. The normalized spacial score (nSPS) is 18.7. The van der Waals surface area contributed by atoms with Crippen molar-refractivity contribution in [3.8, 4) is 6.07 Å². The predicted octanol–water partition coefficient (Wildman–Crippen LogP) is 1.63. The number of aliphatic hydroxyl groups is 2. The average Bonchev–Trinajstić information content (AvgIpc) is 3.16. The second-order valence-electron chi connectivity index (χ2n) is 8.50. The molecule has 0 spiro atoms. The minimum atomic E-state index is -0.711. The van der Waals surface area contributed by atoms with Crippen LogP contribution in [0, 0.1) is 25.2 Å². The lowest BCUT2D eigenvalue weighted by atomic mass is 9.95. The lowest BCUT2D eigenvalue weighted by Gasteiger charge is -2.36. The molecule has 0 bridgehead atoms. The minimum absolute atomic E-state index is 0.273. The van der Waals surface area contributed by atoms with Gasteiger partial charge in [0.25, 0.3) is 0 Å². The molecule has 4 rings (SSSR count). The van der Waals surface area contributed by atoms with Crippen LogP contribution in [-0.2, 0) is 11.3 Å². The van der Waals surface area contributed by atoms with E-state index < -0.39 is 12.2 Å². The molecule has 32 heavy (non-hydrogen) atoms. The van der Waals surface area contributed by atoms with E-state index in [1.165, 1.54) is 0 Å². The Balaban J connectivity index is 1.30. The number of cyclic esters (lactones) is 1. The Morgan fingerprint density at radius 1 is 1.06 bits per heavy atom. The van der Waals surface area contributed by atoms with E-state index in [4.69, 9.17) is 10.00 Å². The molecule has 8 nitrogen and oxygen atoms in total. The fourth-order valence-corrected chi connectivity index (χ4v) is 4.45. The molecule has 2 aliphatic heterocycles. The van der Waals surface area contributed by atoms with E-state index >= 15 is 0 Å². The number of pyridine rings is 1. The van der Waals surface area contributed by atoms with Crippen molar-refractivity contribution in [3.05, 3.63) is 63.5 Å². The molecule has 0 saturated carbocycles. The van der Waals surface area contributed by atoms with Crippen LogP contribution in [-0.4, -0.2) is 70.2 Å². The van der Waals surface area contributed by atoms with Crippen molar-refractivity contribution in [2.45, 2.75) is 32.7 Å². The zero-order chi connectivity index (χ0) is 22.8. The molecule has 2 atom stereocenters. The number of aliphatic hydroxyl groups excluding tert-OH is 2. The Morgan fingerprint density at radius 2 is 1.72 bits per heavy atom. The maximum atomic E-state index is 11.7. The Hall–Kier alpha value is -2.83. The summed E-state index contributed by atoms with van der Waals surface area (Å²) in [7, 11) is 0. The van der Waals surface area contributed by atoms with Crippen LogP contribution < -0.4 is 0 Å². The lowest BCUT2D eigenvalue weighted by Crippen LogP contribution is -2.48. The van der Waals surface area contributed by atoms with E-state index in [0.717, 1.165) is 42.9 Å². The number of ether oxygens (including phenoxy) is 1. The maximum Gasteiger partial charge on any atom is 0.338 e. The van der Waals surface area contributed by atoms with Gasteiger partial charge in [-0.15, -0.1) is 0 Å². The van der Waals surface area contributed by atoms with Crippen molar-refractivity contribution in [1.29, 1.82) is 5.26 Å². The summed E-state index contributed by atoms with van der Waals surface area (Å²) in [5.74, 6) is -0.297. The van der Waals surface area contributed by atoms with Gasteiger partial charge in [0.15, 0.2) is 0 Å². The second kappa shape index (κ2) is 9.35. The van der Waals surface area contributed by atoms with Gasteiger partial charge < -0.3 is 14.9 Å². The molecule has 168 valence electrons. The number of nitriles is 1. The fourth-order valence-electron chi connectivity index (χ4n) is 4.45. The molecular formula is C24H28N4O4. The minimum Gasteiger partial charge on any atom is -0.457 e. The number of nitrogens with zero attached hydrogens (tertiary/aromatic N) is 4. The molecule has 2 aliphatic rings. The highest BCUT2D eigenvalue weighted by Crippen LogP contribution is 2.29. The van der Waals surface area contributed by atoms with Crippen molar-refractivity contribution in [3.63, 3.8) is 0 Å². The first-order valence-electron chi connectivity index (χ1n) is 10.9. The third-order valence-corrected chi connectivity index (χ3v) is 6.46. The van der Waals surface area contributed by atoms with Gasteiger partial charge in [0.1, 0.15) is 18.8 Å². The van der Waals surface area contributed by atoms with Gasteiger partial charge in [-0.1, -0.05) is 6.07 Å². The summed E-state index contributed by atoms with van der Waals surface area (Å²) in [6.07, 6.45) is -1.35. The Morgan fingerprint density at radius 3 is 2.34 bits per heavy atom. The second-order valence-corrected chi connectivity index (χ2v) is 8.50. The zero-order valence-corrected chi connectivity index (χ0v) is 18.4. The molecule has 1 aromatic carbocycles. The van der Waals surface area contributed by atoms with E-state index in [0.29, 0.717) is 35.6 Å². The average molecular weight is 437 g/mol. The molecule has 2 N–H and O–H groups in total. The lowest BCUT2D eigenvalue weighted by molar-refractivity contribution is 0.0470. The van der Waals surface area contributed by atoms with Crippen molar-refractivity contribution in [1.82, 2.24) is 14.8 Å². The number of piperazine rings is 1. The number of hydrogen-bond donors (Lipinski definition) is 2. The monoisotopic (exact) mass is 436 g/mol. The van der Waals surface area contributed by atoms with Crippen LogP contribution in [0.25, 0.3) is 0 Å². The number of esters is 1. The molecule has 1 saturated heterocycles. The van der Waals surface area contributed by atoms with Crippen molar-refractivity contribution in [2.75, 3.05) is 39.3 Å². The standard InChI is InChI=1S/C24H28N4O4/c1-15-18(4-5-19-20(15)14-32-24(19)31)22(29)12-27-7-9-28(10-8-27)13-23(30)21-6-3-17(11-25)16(2)26-21/h3-6,22-23,29-30H,7-10,12-14H2,1-2H3/t22-,23-/m0/s1. The summed E-state index contributed by atoms with van der Waals surface area (Å²) in [4.78, 5) is 20.5. The largest absolute Gasteiger partial charge is 0.457 e. The van der Waals surface area contributed by atoms with Crippen molar-refractivity contribution in [2.24, 2.45) is 0 Å². The fraction of sp³-hybridized carbons (Fsp3) is 0.458. The molecule has 1 aromatic heterocycles. The van der Waals surface area contributed by atoms with Gasteiger partial charge in [-0.25, -0.2) is 4.79 Å². The van der Waals surface area contributed by atoms with Crippen LogP contribution >= 0.6 is 0 Å². The number of carbonyl (C=O) groups excluding carboxylic acids is 1. The number of carbonyl (C=O) groups is 1. The molecule has 0 amide bonds. The van der Waals surface area contributed by atoms with Crippen LogP contribution in [0.4, 0.5) is 0 Å². The summed E-state index contributed by atoms with van der Waals surface area (Å²) in [5, 5.41) is 30.4. The van der Waals surface area contributed by atoms with Gasteiger partial charge in [-0.2, -0.15) is 5.26 Å². The van der Waals surface area contributed by atoms with Crippen LogP contribution in [0.3, 0.4) is 0 Å². The highest BCUT2D eigenvalue weighted by atomic mass is 16.5. The van der Waals surface area contributed by atoms with Crippen LogP contribution in [0.1, 0.15) is 56.2 Å². The van der Waals surface area contributed by atoms with Crippen LogP contribution in [0.5, 0.6) is 0 Å². The highest BCUT2D eigenvalue weighted by molar-refractivity contribution is 5.93. The maximum absolute atomic E-state index is 11.7. The van der Waals surface area contributed by atoms with Gasteiger partial charge in [-0.05, 0) is 43.2 Å². The highest BCUT2D eigenvalue weighted by Gasteiger charge is 2.27. The van der Waals surface area contributed by atoms with Gasteiger partial charge in [0.05, 0.1) is 28.6 Å². The Kier molecular flexibility index (Phi) is 6.53. The molecule has 0 unspecified atom stereocenters. The van der Waals surface area contributed by atoms with Gasteiger partial charge in [-0.3, -0.25) is 14.8 Å². The van der Waals surface area contributed by atoms with E-state index in [9.17, 15) is 15.0 Å². The first-order valence-corrected chi connectivity index (χ1v) is 10.9. The third-order valence-electron chi connectivity index (χ3n) is 6.46. The molecule has 3 heterocycles. The number of fused-ring (bicyclic) bond motifs is 1. The number of rotatable bonds is 6. The third kappa shape index (κ3) is 4.52. The molecule has 1 fully saturated rings. The van der Waals surface area contributed by atoms with Crippen molar-refractivity contribution >= 4 is 5.97 Å². The Bertz CT molecular complexity index is 1060. The quantitative estimate of drug-likeness (QED) is 0.658. The van der Waals surface area contributed by atoms with E-state index in [-0.39, 0.29) is 12.6 Å². The molecule has 8 heteroatoms. The summed E-state index contributed by atoms with van der Waals surface area (Å²) in [5.41, 5.74) is 4.95. The van der Waals surface area contributed by atoms with Crippen LogP contribution in [0.15, 0.2) is 24.3 Å². The molecule has 2 aromatic rings. The number of aryl methyl sites for hydroxylation is 1. The van der Waals surface area contributed by atoms with E-state index in [2.05, 4.69) is 20.9 Å². The summed E-state index contributed by atoms with van der Waals surface area (Å²) in [6.45, 7) is 8.10. The van der Waals surface area contributed by atoms with Gasteiger partial charge in [0, 0.05) is 44.8 Å². The first-order chi connectivity index (χ1) is 15.4. The number of hydrogen-bond acceptors (Lipinski definition) is 8. The van der Waals surface area contributed by atoms with Crippen LogP contribution in [0.2, 0.25) is 0 Å². The van der Waals surface area contributed by atoms with Crippen molar-refractivity contribution < 1.29 is 19.7 Å². The molecular weight excluding hydrogens is 408 g/mol. The predicted molar refractivity (Wildman–Crippen MR) is 117 cm³/mol. The topological polar surface area (TPSA) is 110 Å². The zero-order valence-electron chi connectivity index (χ0n) is 18.4. The number of benzene rings is 1. The van der Waals surface area contributed by atoms with Gasteiger partial charge >= 0.3 is 5.97 Å². The summed E-state index contributed by atoms with van der Waals surface area (Å²) in [6, 6.07) is 9.07. The number of aromatic nitrogens is 1. The summed E-state index contributed by atoms with van der Waals surface area (Å²) < 4.78 is 5.11. The Labute approximate surface area is 187 Å². The molecule has 0 radical (unpaired) electrons. The first kappa shape index (κ1) is 22.4.